The Morgan fingerprint density at radius 2 is 2.24 bits per heavy atom. The summed E-state index contributed by atoms with van der Waals surface area (Å²) in [6.45, 7) is 2.40. The Labute approximate surface area is 109 Å². The summed E-state index contributed by atoms with van der Waals surface area (Å²) in [5.41, 5.74) is 0. The van der Waals surface area contributed by atoms with Crippen molar-refractivity contribution in [1.82, 2.24) is 0 Å². The van der Waals surface area contributed by atoms with Crippen LogP contribution in [-0.4, -0.2) is 22.5 Å². The van der Waals surface area contributed by atoms with Crippen LogP contribution in [0.3, 0.4) is 0 Å². The van der Waals surface area contributed by atoms with E-state index < -0.39 is 16.8 Å². The summed E-state index contributed by atoms with van der Waals surface area (Å²) in [7, 11) is -1.39. The molecule has 0 fully saturated rings. The van der Waals surface area contributed by atoms with Gasteiger partial charge in [0.1, 0.15) is 5.75 Å². The van der Waals surface area contributed by atoms with Gasteiger partial charge in [0.05, 0.1) is 17.4 Å². The number of carbonyl (C=O) groups excluding carboxylic acids is 1. The summed E-state index contributed by atoms with van der Waals surface area (Å²) in [5, 5.41) is 0.509. The van der Waals surface area contributed by atoms with E-state index in [4.69, 9.17) is 16.3 Å². The third-order valence-corrected chi connectivity index (χ3v) is 3.58. The number of carbonyl (C=O) groups is 1. The molecule has 5 heteroatoms. The molecule has 0 radical (unpaired) electrons. The van der Waals surface area contributed by atoms with Crippen LogP contribution in [0.5, 0.6) is 0 Å². The van der Waals surface area contributed by atoms with Gasteiger partial charge in [-0.05, 0) is 24.6 Å². The first kappa shape index (κ1) is 14.2. The number of hydrogen-bond acceptors (Lipinski definition) is 3. The van der Waals surface area contributed by atoms with Gasteiger partial charge >= 0.3 is 5.97 Å². The number of unbranched alkanes of at least 4 members (excludes halogenated alkanes) is 1. The van der Waals surface area contributed by atoms with E-state index in [2.05, 4.69) is 0 Å². The fourth-order valence-corrected chi connectivity index (χ4v) is 2.38. The molecule has 1 aromatic rings. The van der Waals surface area contributed by atoms with Crippen molar-refractivity contribution in [2.45, 2.75) is 24.7 Å². The van der Waals surface area contributed by atoms with Crippen LogP contribution in [0.25, 0.3) is 0 Å². The maximum atomic E-state index is 11.8. The summed E-state index contributed by atoms with van der Waals surface area (Å²) in [6, 6.07) is 6.68. The van der Waals surface area contributed by atoms with E-state index in [9.17, 15) is 9.00 Å². The molecule has 1 aromatic carbocycles. The molecule has 0 aliphatic heterocycles. The number of rotatable bonds is 6. The van der Waals surface area contributed by atoms with Crippen molar-refractivity contribution in [2.24, 2.45) is 0 Å². The predicted molar refractivity (Wildman–Crippen MR) is 68.6 cm³/mol. The summed E-state index contributed by atoms with van der Waals surface area (Å²) in [6.07, 6.45) is 1.79. The predicted octanol–water partition coefficient (Wildman–Crippen LogP) is 2.79. The van der Waals surface area contributed by atoms with Gasteiger partial charge in [-0.15, -0.1) is 0 Å². The summed E-state index contributed by atoms with van der Waals surface area (Å²) in [5.74, 6) is -0.555. The molecule has 0 bridgehead atoms. The van der Waals surface area contributed by atoms with Crippen molar-refractivity contribution >= 4 is 28.4 Å². The minimum atomic E-state index is -1.39. The molecule has 0 aromatic heterocycles. The van der Waals surface area contributed by atoms with E-state index in [0.29, 0.717) is 16.5 Å². The van der Waals surface area contributed by atoms with E-state index in [1.807, 2.05) is 6.92 Å². The Kier molecular flexibility index (Phi) is 6.22. The first-order valence-corrected chi connectivity index (χ1v) is 7.12. The first-order valence-electron chi connectivity index (χ1n) is 5.43. The van der Waals surface area contributed by atoms with Crippen LogP contribution in [0, 0.1) is 0 Å². The van der Waals surface area contributed by atoms with Crippen molar-refractivity contribution in [1.29, 1.82) is 0 Å². The first-order chi connectivity index (χ1) is 8.13. The highest BCUT2D eigenvalue weighted by Crippen LogP contribution is 2.14. The third kappa shape index (κ3) is 5.33. The van der Waals surface area contributed by atoms with E-state index >= 15 is 0 Å². The zero-order valence-electron chi connectivity index (χ0n) is 9.65. The molecule has 1 unspecified atom stereocenters. The normalized spacial score (nSPS) is 12.1. The fourth-order valence-electron chi connectivity index (χ4n) is 1.17. The summed E-state index contributed by atoms with van der Waals surface area (Å²) < 4.78 is 16.7. The van der Waals surface area contributed by atoms with E-state index in [1.54, 1.807) is 24.3 Å². The minimum absolute atomic E-state index is 0.121. The Balaban J connectivity index is 2.46. The van der Waals surface area contributed by atoms with Crippen molar-refractivity contribution < 1.29 is 13.7 Å². The van der Waals surface area contributed by atoms with Gasteiger partial charge in [-0.3, -0.25) is 9.00 Å². The quantitative estimate of drug-likeness (QED) is 0.592. The van der Waals surface area contributed by atoms with Gasteiger partial charge in [0.25, 0.3) is 0 Å². The second kappa shape index (κ2) is 7.45. The standard InChI is InChI=1S/C12H15ClO3S/c1-2-3-7-16-12(14)9-17(15)11-6-4-5-10(13)8-11/h4-6,8H,2-3,7,9H2,1H3. The second-order valence-corrected chi connectivity index (χ2v) is 5.41. The van der Waals surface area contributed by atoms with Crippen molar-refractivity contribution in [3.05, 3.63) is 29.3 Å². The number of hydrogen-bond donors (Lipinski definition) is 0. The summed E-state index contributed by atoms with van der Waals surface area (Å²) in [4.78, 5) is 11.9. The Bertz CT molecular complexity index is 406. The van der Waals surface area contributed by atoms with Crippen LogP contribution in [0.2, 0.25) is 5.02 Å². The van der Waals surface area contributed by atoms with E-state index in [-0.39, 0.29) is 5.75 Å². The average molecular weight is 275 g/mol. The highest BCUT2D eigenvalue weighted by Gasteiger charge is 2.11. The second-order valence-electron chi connectivity index (χ2n) is 3.52. The van der Waals surface area contributed by atoms with Gasteiger partial charge in [-0.1, -0.05) is 31.0 Å². The van der Waals surface area contributed by atoms with Crippen LogP contribution in [0.15, 0.2) is 29.2 Å². The molecule has 0 spiro atoms. The van der Waals surface area contributed by atoms with Crippen LogP contribution >= 0.6 is 11.6 Å². The molecule has 0 aliphatic rings. The molecular weight excluding hydrogens is 260 g/mol. The highest BCUT2D eigenvalue weighted by atomic mass is 35.5. The molecule has 1 rings (SSSR count). The number of esters is 1. The van der Waals surface area contributed by atoms with Crippen LogP contribution in [0.4, 0.5) is 0 Å². The van der Waals surface area contributed by atoms with Gasteiger partial charge in [0.2, 0.25) is 0 Å². The molecule has 0 amide bonds. The van der Waals surface area contributed by atoms with Crippen LogP contribution in [-0.2, 0) is 20.3 Å². The van der Waals surface area contributed by atoms with Crippen molar-refractivity contribution in [2.75, 3.05) is 12.4 Å². The number of halogens is 1. The lowest BCUT2D eigenvalue weighted by Crippen LogP contribution is -2.14. The van der Waals surface area contributed by atoms with Gasteiger partial charge in [0.15, 0.2) is 0 Å². The Morgan fingerprint density at radius 3 is 2.88 bits per heavy atom. The minimum Gasteiger partial charge on any atom is -0.465 e. The van der Waals surface area contributed by atoms with Crippen molar-refractivity contribution in [3.8, 4) is 0 Å². The lowest BCUT2D eigenvalue weighted by molar-refractivity contribution is -0.140. The highest BCUT2D eigenvalue weighted by molar-refractivity contribution is 7.85. The molecule has 17 heavy (non-hydrogen) atoms. The Morgan fingerprint density at radius 1 is 1.47 bits per heavy atom. The molecule has 94 valence electrons. The monoisotopic (exact) mass is 274 g/mol. The molecule has 3 nitrogen and oxygen atoms in total. The molecule has 0 saturated heterocycles. The molecular formula is C12H15ClO3S. The molecule has 0 heterocycles. The molecule has 0 N–H and O–H groups in total. The fraction of sp³-hybridized carbons (Fsp3) is 0.417. The topological polar surface area (TPSA) is 43.4 Å². The zero-order valence-corrected chi connectivity index (χ0v) is 11.2. The zero-order chi connectivity index (χ0) is 12.7. The lowest BCUT2D eigenvalue weighted by Gasteiger charge is -2.04. The van der Waals surface area contributed by atoms with Gasteiger partial charge in [-0.2, -0.15) is 0 Å². The smallest absolute Gasteiger partial charge is 0.318 e. The molecule has 1 atom stereocenters. The third-order valence-electron chi connectivity index (χ3n) is 2.07. The Hall–Kier alpha value is -0.870. The SMILES string of the molecule is CCCCOC(=O)CS(=O)c1cccc(Cl)c1. The van der Waals surface area contributed by atoms with Crippen molar-refractivity contribution in [3.63, 3.8) is 0 Å². The van der Waals surface area contributed by atoms with Crippen LogP contribution in [0.1, 0.15) is 19.8 Å². The van der Waals surface area contributed by atoms with E-state index in [0.717, 1.165) is 12.8 Å². The lowest BCUT2D eigenvalue weighted by atomic mass is 10.4. The maximum absolute atomic E-state index is 11.8. The largest absolute Gasteiger partial charge is 0.465 e. The molecule has 0 saturated carbocycles. The number of ether oxygens (including phenoxy) is 1. The average Bonchev–Trinajstić information content (AvgIpc) is 2.29. The van der Waals surface area contributed by atoms with Gasteiger partial charge in [-0.25, -0.2) is 0 Å². The number of benzene rings is 1. The van der Waals surface area contributed by atoms with Crippen LogP contribution < -0.4 is 0 Å². The van der Waals surface area contributed by atoms with Gasteiger partial charge in [0, 0.05) is 9.92 Å². The maximum Gasteiger partial charge on any atom is 0.318 e. The molecule has 0 aliphatic carbocycles. The van der Waals surface area contributed by atoms with E-state index in [1.165, 1.54) is 0 Å². The summed E-state index contributed by atoms with van der Waals surface area (Å²) >= 11 is 5.78. The van der Waals surface area contributed by atoms with Gasteiger partial charge < -0.3 is 4.74 Å².